The van der Waals surface area contributed by atoms with Crippen molar-refractivity contribution in [2.75, 3.05) is 14.2 Å². The van der Waals surface area contributed by atoms with E-state index in [2.05, 4.69) is 15.4 Å². The summed E-state index contributed by atoms with van der Waals surface area (Å²) in [5.41, 5.74) is 1.72. The Bertz CT molecular complexity index is 963. The molecule has 7 nitrogen and oxygen atoms in total. The number of sulfonamides is 1. The molecule has 9 heteroatoms. The van der Waals surface area contributed by atoms with Crippen LogP contribution in [0.15, 0.2) is 53.4 Å². The highest BCUT2D eigenvalue weighted by molar-refractivity contribution is 7.92. The maximum atomic E-state index is 12.6. The molecule has 0 spiro atoms. The van der Waals surface area contributed by atoms with Gasteiger partial charge in [0.25, 0.3) is 10.0 Å². The van der Waals surface area contributed by atoms with Crippen LogP contribution >= 0.6 is 12.2 Å². The van der Waals surface area contributed by atoms with Crippen molar-refractivity contribution in [3.8, 4) is 5.75 Å². The number of methoxy groups -OCH3 is 1. The van der Waals surface area contributed by atoms with Gasteiger partial charge in [-0.1, -0.05) is 36.4 Å². The number of amides is 1. The Morgan fingerprint density at radius 3 is 2.48 bits per heavy atom. The Kier molecular flexibility index (Phi) is 7.98. The fourth-order valence-electron chi connectivity index (χ4n) is 2.71. The molecule has 3 N–H and O–H groups in total. The molecule has 2 aromatic rings. The molecule has 0 aliphatic carbocycles. The van der Waals surface area contributed by atoms with Crippen LogP contribution in [-0.2, 0) is 21.2 Å². The molecule has 0 radical (unpaired) electrons. The molecule has 0 aliphatic rings. The van der Waals surface area contributed by atoms with Gasteiger partial charge in [0, 0.05) is 13.5 Å². The first-order chi connectivity index (χ1) is 13.8. The molecular formula is C20H25N3O4S2. The van der Waals surface area contributed by atoms with E-state index < -0.39 is 10.0 Å². The number of hydrogen-bond acceptors (Lipinski definition) is 5. The zero-order chi connectivity index (χ0) is 21.4. The van der Waals surface area contributed by atoms with Crippen LogP contribution in [0, 0.1) is 0 Å². The molecule has 1 atom stereocenters. The molecule has 0 aliphatic heterocycles. The molecule has 0 saturated heterocycles. The molecule has 0 saturated carbocycles. The van der Waals surface area contributed by atoms with Gasteiger partial charge in [-0.25, -0.2) is 8.42 Å². The number of thiocarbonyl (C=S) groups is 1. The minimum atomic E-state index is -3.91. The molecule has 2 aromatic carbocycles. The monoisotopic (exact) mass is 435 g/mol. The lowest BCUT2D eigenvalue weighted by atomic mass is 10.1. The lowest BCUT2D eigenvalue weighted by Gasteiger charge is -2.15. The average Bonchev–Trinajstić information content (AvgIpc) is 2.72. The third-order valence-electron chi connectivity index (χ3n) is 4.29. The van der Waals surface area contributed by atoms with Gasteiger partial charge in [-0.05, 0) is 48.8 Å². The summed E-state index contributed by atoms with van der Waals surface area (Å²) in [6.45, 7) is 1.92. The molecule has 156 valence electrons. The first kappa shape index (κ1) is 22.6. The van der Waals surface area contributed by atoms with E-state index in [-0.39, 0.29) is 34.1 Å². The van der Waals surface area contributed by atoms with Crippen molar-refractivity contribution < 1.29 is 17.9 Å². The van der Waals surface area contributed by atoms with Gasteiger partial charge in [0.2, 0.25) is 5.91 Å². The van der Waals surface area contributed by atoms with E-state index in [1.807, 2.05) is 37.3 Å². The molecule has 29 heavy (non-hydrogen) atoms. The summed E-state index contributed by atoms with van der Waals surface area (Å²) >= 11 is 4.89. The van der Waals surface area contributed by atoms with Gasteiger partial charge in [0.15, 0.2) is 5.11 Å². The summed E-state index contributed by atoms with van der Waals surface area (Å²) in [6, 6.07) is 14.4. The van der Waals surface area contributed by atoms with Gasteiger partial charge >= 0.3 is 0 Å². The Labute approximate surface area is 176 Å². The number of hydrogen-bond donors (Lipinski definition) is 3. The van der Waals surface area contributed by atoms with Crippen molar-refractivity contribution in [3.63, 3.8) is 0 Å². The van der Waals surface area contributed by atoms with Gasteiger partial charge in [0.1, 0.15) is 10.6 Å². The third-order valence-corrected chi connectivity index (χ3v) is 6.10. The second-order valence-corrected chi connectivity index (χ2v) is 8.43. The van der Waals surface area contributed by atoms with E-state index in [0.29, 0.717) is 12.0 Å². The standard InChI is InChI=1S/C20H25N3O4S2/c1-14(16-7-5-4-6-8-16)22-19(24)12-10-15-9-11-17(27-3)18(13-15)29(25,26)23-20(28)21-2/h4-9,11,13-14H,10,12H2,1-3H3,(H,22,24)(H2,21,23,28). The number of aryl methyl sites for hydroxylation is 1. The summed E-state index contributed by atoms with van der Waals surface area (Å²) < 4.78 is 32.6. The Morgan fingerprint density at radius 1 is 1.17 bits per heavy atom. The second-order valence-electron chi connectivity index (χ2n) is 6.37. The van der Waals surface area contributed by atoms with E-state index in [9.17, 15) is 13.2 Å². The smallest absolute Gasteiger partial charge is 0.267 e. The average molecular weight is 436 g/mol. The van der Waals surface area contributed by atoms with Crippen LogP contribution in [0.5, 0.6) is 5.75 Å². The molecule has 0 fully saturated rings. The van der Waals surface area contributed by atoms with Crippen molar-refractivity contribution in [2.45, 2.75) is 30.7 Å². The Hall–Kier alpha value is -2.65. The van der Waals surface area contributed by atoms with E-state index in [1.54, 1.807) is 12.1 Å². The molecular weight excluding hydrogens is 410 g/mol. The van der Waals surface area contributed by atoms with Crippen LogP contribution in [-0.4, -0.2) is 33.6 Å². The van der Waals surface area contributed by atoms with Gasteiger partial charge in [-0.2, -0.15) is 0 Å². The lowest BCUT2D eigenvalue weighted by Crippen LogP contribution is -2.37. The SMILES string of the molecule is CNC(=S)NS(=O)(=O)c1cc(CCC(=O)NC(C)c2ccccc2)ccc1OC. The number of benzene rings is 2. The predicted octanol–water partition coefficient (Wildman–Crippen LogP) is 2.29. The fourth-order valence-corrected chi connectivity index (χ4v) is 4.22. The molecule has 2 rings (SSSR count). The van der Waals surface area contributed by atoms with E-state index >= 15 is 0 Å². The normalized spacial score (nSPS) is 12.0. The summed E-state index contributed by atoms with van der Waals surface area (Å²) in [4.78, 5) is 12.3. The van der Waals surface area contributed by atoms with Gasteiger partial charge in [-0.15, -0.1) is 0 Å². The highest BCUT2D eigenvalue weighted by Crippen LogP contribution is 2.25. The van der Waals surface area contributed by atoms with Crippen molar-refractivity contribution in [3.05, 3.63) is 59.7 Å². The maximum absolute atomic E-state index is 12.6. The van der Waals surface area contributed by atoms with Crippen LogP contribution < -0.4 is 20.1 Å². The molecule has 1 unspecified atom stereocenters. The molecule has 0 aromatic heterocycles. The minimum absolute atomic E-state index is 0.0215. The fraction of sp³-hybridized carbons (Fsp3) is 0.300. The first-order valence-corrected chi connectivity index (χ1v) is 10.9. The maximum Gasteiger partial charge on any atom is 0.267 e. The van der Waals surface area contributed by atoms with E-state index in [4.69, 9.17) is 17.0 Å². The summed E-state index contributed by atoms with van der Waals surface area (Å²) in [7, 11) is -0.997. The number of rotatable bonds is 8. The van der Waals surface area contributed by atoms with Crippen molar-refractivity contribution in [1.82, 2.24) is 15.4 Å². The van der Waals surface area contributed by atoms with Crippen LogP contribution in [0.25, 0.3) is 0 Å². The zero-order valence-corrected chi connectivity index (χ0v) is 18.2. The van der Waals surface area contributed by atoms with Gasteiger partial charge in [0.05, 0.1) is 13.2 Å². The van der Waals surface area contributed by atoms with Crippen LogP contribution in [0.4, 0.5) is 0 Å². The zero-order valence-electron chi connectivity index (χ0n) is 16.6. The van der Waals surface area contributed by atoms with Gasteiger partial charge < -0.3 is 15.4 Å². The Balaban J connectivity index is 2.07. The van der Waals surface area contributed by atoms with E-state index in [1.165, 1.54) is 20.2 Å². The van der Waals surface area contributed by atoms with Crippen molar-refractivity contribution >= 4 is 33.3 Å². The lowest BCUT2D eigenvalue weighted by molar-refractivity contribution is -0.121. The van der Waals surface area contributed by atoms with E-state index in [0.717, 1.165) is 5.56 Å². The molecule has 0 heterocycles. The third kappa shape index (κ3) is 6.43. The van der Waals surface area contributed by atoms with Crippen LogP contribution in [0.3, 0.4) is 0 Å². The molecule has 1 amide bonds. The first-order valence-electron chi connectivity index (χ1n) is 9.02. The molecule has 0 bridgehead atoms. The highest BCUT2D eigenvalue weighted by atomic mass is 32.2. The van der Waals surface area contributed by atoms with Gasteiger partial charge in [-0.3, -0.25) is 9.52 Å². The highest BCUT2D eigenvalue weighted by Gasteiger charge is 2.21. The second kappa shape index (κ2) is 10.2. The summed E-state index contributed by atoms with van der Waals surface area (Å²) in [6.07, 6.45) is 0.613. The number of carbonyl (C=O) groups excluding carboxylic acids is 1. The van der Waals surface area contributed by atoms with Crippen molar-refractivity contribution in [2.24, 2.45) is 0 Å². The Morgan fingerprint density at radius 2 is 1.86 bits per heavy atom. The summed E-state index contributed by atoms with van der Waals surface area (Å²) in [5, 5.41) is 5.49. The van der Waals surface area contributed by atoms with Crippen LogP contribution in [0.2, 0.25) is 0 Å². The number of carbonyl (C=O) groups is 1. The topological polar surface area (TPSA) is 96.5 Å². The largest absolute Gasteiger partial charge is 0.495 e. The van der Waals surface area contributed by atoms with Crippen molar-refractivity contribution in [1.29, 1.82) is 0 Å². The minimum Gasteiger partial charge on any atom is -0.495 e. The van der Waals surface area contributed by atoms with Crippen LogP contribution in [0.1, 0.15) is 30.5 Å². The number of nitrogens with one attached hydrogen (secondary N) is 3. The predicted molar refractivity (Wildman–Crippen MR) is 116 cm³/mol. The quantitative estimate of drug-likeness (QED) is 0.551. The summed E-state index contributed by atoms with van der Waals surface area (Å²) in [5.74, 6) is 0.0818. The number of ether oxygens (including phenoxy) is 1.